The van der Waals surface area contributed by atoms with Gasteiger partial charge in [-0.2, -0.15) is 0 Å². The van der Waals surface area contributed by atoms with Crippen LogP contribution in [0.25, 0.3) is 11.2 Å². The SMILES string of the molecule is Cc1cccc2c1C(=O)N(C(C)C)C([C@H](C)Nc1ncnc3nc[nH]c13)C2. The fraction of sp³-hybridized carbons (Fsp3) is 0.400. The van der Waals surface area contributed by atoms with Crippen LogP contribution in [0.2, 0.25) is 0 Å². The quantitative estimate of drug-likeness (QED) is 0.743. The van der Waals surface area contributed by atoms with Gasteiger partial charge in [0.2, 0.25) is 0 Å². The highest BCUT2D eigenvalue weighted by atomic mass is 16.2. The summed E-state index contributed by atoms with van der Waals surface area (Å²) >= 11 is 0. The highest BCUT2D eigenvalue weighted by molar-refractivity contribution is 5.98. The third-order valence-corrected chi connectivity index (χ3v) is 5.31. The van der Waals surface area contributed by atoms with Gasteiger partial charge < -0.3 is 15.2 Å². The Bertz CT molecular complexity index is 995. The molecule has 1 aromatic carbocycles. The summed E-state index contributed by atoms with van der Waals surface area (Å²) in [5.41, 5.74) is 4.41. The molecule has 0 bridgehead atoms. The number of H-pyrrole nitrogens is 1. The molecule has 3 heterocycles. The van der Waals surface area contributed by atoms with Crippen molar-refractivity contribution in [1.29, 1.82) is 0 Å². The van der Waals surface area contributed by atoms with Crippen molar-refractivity contribution in [3.05, 3.63) is 47.5 Å². The van der Waals surface area contributed by atoms with Gasteiger partial charge in [0.15, 0.2) is 11.5 Å². The zero-order chi connectivity index (χ0) is 19.1. The maximum atomic E-state index is 13.3. The lowest BCUT2D eigenvalue weighted by Crippen LogP contribution is -2.55. The zero-order valence-electron chi connectivity index (χ0n) is 16.0. The van der Waals surface area contributed by atoms with E-state index in [-0.39, 0.29) is 24.0 Å². The molecule has 0 saturated heterocycles. The molecule has 2 atom stereocenters. The van der Waals surface area contributed by atoms with Crippen LogP contribution in [0.3, 0.4) is 0 Å². The molecule has 2 N–H and O–H groups in total. The highest BCUT2D eigenvalue weighted by Gasteiger charge is 2.37. The van der Waals surface area contributed by atoms with Crippen molar-refractivity contribution in [2.45, 2.75) is 52.2 Å². The van der Waals surface area contributed by atoms with Gasteiger partial charge in [-0.15, -0.1) is 0 Å². The van der Waals surface area contributed by atoms with E-state index in [9.17, 15) is 4.79 Å². The number of anilines is 1. The Morgan fingerprint density at radius 2 is 2.04 bits per heavy atom. The standard InChI is InChI=1S/C20H24N6O/c1-11(2)26-15(8-14-7-5-6-12(3)16(14)20(26)27)13(4)25-19-17-18(22-9-21-17)23-10-24-19/h5-7,9-11,13,15H,8H2,1-4H3,(H2,21,22,23,24,25)/t13-,15?/m0/s1. The van der Waals surface area contributed by atoms with Crippen molar-refractivity contribution >= 4 is 22.9 Å². The first-order valence-electron chi connectivity index (χ1n) is 9.29. The van der Waals surface area contributed by atoms with Crippen LogP contribution in [0.1, 0.15) is 42.3 Å². The summed E-state index contributed by atoms with van der Waals surface area (Å²) in [4.78, 5) is 31.1. The van der Waals surface area contributed by atoms with Crippen LogP contribution >= 0.6 is 0 Å². The van der Waals surface area contributed by atoms with E-state index < -0.39 is 0 Å². The van der Waals surface area contributed by atoms with Gasteiger partial charge in [0.1, 0.15) is 11.8 Å². The number of imidazole rings is 1. The first-order chi connectivity index (χ1) is 13.0. The van der Waals surface area contributed by atoms with Gasteiger partial charge in [-0.1, -0.05) is 18.2 Å². The molecule has 0 aliphatic carbocycles. The van der Waals surface area contributed by atoms with Gasteiger partial charge in [0.25, 0.3) is 5.91 Å². The first kappa shape index (κ1) is 17.5. The minimum Gasteiger partial charge on any atom is -0.364 e. The molecule has 7 nitrogen and oxygen atoms in total. The van der Waals surface area contributed by atoms with E-state index in [0.29, 0.717) is 11.5 Å². The predicted octanol–water partition coefficient (Wildman–Crippen LogP) is 2.94. The molecular formula is C20H24N6O. The number of hydrogen-bond acceptors (Lipinski definition) is 5. The summed E-state index contributed by atoms with van der Waals surface area (Å²) in [5, 5.41) is 3.48. The number of fused-ring (bicyclic) bond motifs is 2. The third kappa shape index (κ3) is 2.93. The number of carbonyl (C=O) groups excluding carboxylic acids is 1. The van der Waals surface area contributed by atoms with Crippen LogP contribution < -0.4 is 5.32 Å². The number of nitrogens with zero attached hydrogens (tertiary/aromatic N) is 4. The maximum absolute atomic E-state index is 13.3. The van der Waals surface area contributed by atoms with E-state index in [0.717, 1.165) is 28.6 Å². The normalized spacial score (nSPS) is 18.0. The minimum absolute atomic E-state index is 0.00594. The summed E-state index contributed by atoms with van der Waals surface area (Å²) in [5.74, 6) is 0.813. The number of hydrogen-bond donors (Lipinski definition) is 2. The van der Waals surface area contributed by atoms with Crippen molar-refractivity contribution in [2.24, 2.45) is 0 Å². The van der Waals surface area contributed by atoms with Crippen molar-refractivity contribution in [3.63, 3.8) is 0 Å². The lowest BCUT2D eigenvalue weighted by atomic mass is 9.87. The van der Waals surface area contributed by atoms with Crippen LogP contribution in [-0.4, -0.2) is 48.9 Å². The highest BCUT2D eigenvalue weighted by Crippen LogP contribution is 2.30. The summed E-state index contributed by atoms with van der Waals surface area (Å²) in [7, 11) is 0. The molecule has 0 spiro atoms. The number of aromatic amines is 1. The Hall–Kier alpha value is -2.96. The maximum Gasteiger partial charge on any atom is 0.254 e. The summed E-state index contributed by atoms with van der Waals surface area (Å²) in [6.07, 6.45) is 3.92. The lowest BCUT2D eigenvalue weighted by molar-refractivity contribution is 0.0555. The number of carbonyl (C=O) groups is 1. The topological polar surface area (TPSA) is 86.8 Å². The average Bonchev–Trinajstić information content (AvgIpc) is 3.10. The second kappa shape index (κ2) is 6.64. The second-order valence-corrected chi connectivity index (χ2v) is 7.44. The predicted molar refractivity (Wildman–Crippen MR) is 105 cm³/mol. The number of aromatic nitrogens is 4. The molecule has 27 heavy (non-hydrogen) atoms. The van der Waals surface area contributed by atoms with E-state index in [1.165, 1.54) is 6.33 Å². The van der Waals surface area contributed by atoms with Crippen molar-refractivity contribution in [1.82, 2.24) is 24.8 Å². The molecule has 0 radical (unpaired) electrons. The van der Waals surface area contributed by atoms with Gasteiger partial charge in [-0.3, -0.25) is 4.79 Å². The first-order valence-corrected chi connectivity index (χ1v) is 9.29. The molecular weight excluding hydrogens is 340 g/mol. The molecule has 1 aliphatic rings. The number of rotatable bonds is 4. The van der Waals surface area contributed by atoms with Gasteiger partial charge >= 0.3 is 0 Å². The Balaban J connectivity index is 1.69. The molecule has 1 unspecified atom stereocenters. The summed E-state index contributed by atoms with van der Waals surface area (Å²) in [6.45, 7) is 8.24. The van der Waals surface area contributed by atoms with Crippen molar-refractivity contribution in [2.75, 3.05) is 5.32 Å². The number of amides is 1. The van der Waals surface area contributed by atoms with E-state index in [4.69, 9.17) is 0 Å². The molecule has 7 heteroatoms. The van der Waals surface area contributed by atoms with Crippen LogP contribution in [0.5, 0.6) is 0 Å². The second-order valence-electron chi connectivity index (χ2n) is 7.44. The van der Waals surface area contributed by atoms with Crippen LogP contribution in [-0.2, 0) is 6.42 Å². The lowest BCUT2D eigenvalue weighted by Gasteiger charge is -2.43. The molecule has 4 rings (SSSR count). The fourth-order valence-corrected chi connectivity index (χ4v) is 4.03. The third-order valence-electron chi connectivity index (χ3n) is 5.31. The van der Waals surface area contributed by atoms with E-state index in [1.54, 1.807) is 6.33 Å². The van der Waals surface area contributed by atoms with E-state index in [2.05, 4.69) is 52.1 Å². The Morgan fingerprint density at radius 1 is 1.22 bits per heavy atom. The Morgan fingerprint density at radius 3 is 2.81 bits per heavy atom. The average molecular weight is 364 g/mol. The van der Waals surface area contributed by atoms with Crippen LogP contribution in [0.4, 0.5) is 5.82 Å². The summed E-state index contributed by atoms with van der Waals surface area (Å²) in [6, 6.07) is 6.24. The molecule has 140 valence electrons. The van der Waals surface area contributed by atoms with E-state index >= 15 is 0 Å². The molecule has 1 aliphatic heterocycles. The molecule has 2 aromatic heterocycles. The van der Waals surface area contributed by atoms with Crippen LogP contribution in [0, 0.1) is 6.92 Å². The minimum atomic E-state index is 0.00594. The zero-order valence-corrected chi connectivity index (χ0v) is 16.0. The summed E-state index contributed by atoms with van der Waals surface area (Å²) < 4.78 is 0. The monoisotopic (exact) mass is 364 g/mol. The Kier molecular flexibility index (Phi) is 4.30. The van der Waals surface area contributed by atoms with Gasteiger partial charge in [0, 0.05) is 17.6 Å². The van der Waals surface area contributed by atoms with Gasteiger partial charge in [-0.25, -0.2) is 15.0 Å². The van der Waals surface area contributed by atoms with Crippen LogP contribution in [0.15, 0.2) is 30.9 Å². The number of benzene rings is 1. The largest absolute Gasteiger partial charge is 0.364 e. The number of aryl methyl sites for hydroxylation is 1. The number of nitrogens with one attached hydrogen (secondary N) is 2. The molecule has 0 fully saturated rings. The molecule has 0 saturated carbocycles. The van der Waals surface area contributed by atoms with E-state index in [1.807, 2.05) is 24.0 Å². The van der Waals surface area contributed by atoms with Gasteiger partial charge in [-0.05, 0) is 45.2 Å². The molecule has 3 aromatic rings. The smallest absolute Gasteiger partial charge is 0.254 e. The Labute approximate surface area is 158 Å². The van der Waals surface area contributed by atoms with Crippen molar-refractivity contribution < 1.29 is 4.79 Å². The van der Waals surface area contributed by atoms with Gasteiger partial charge in [0.05, 0.1) is 12.4 Å². The molecule has 1 amide bonds. The van der Waals surface area contributed by atoms with Crippen molar-refractivity contribution in [3.8, 4) is 0 Å². The fourth-order valence-electron chi connectivity index (χ4n) is 4.03.